The quantitative estimate of drug-likeness (QED) is 0.796. The molecule has 0 fully saturated rings. The van der Waals surface area contributed by atoms with E-state index in [9.17, 15) is 8.42 Å². The van der Waals surface area contributed by atoms with Gasteiger partial charge in [0.1, 0.15) is 0 Å². The highest BCUT2D eigenvalue weighted by molar-refractivity contribution is 7.92. The van der Waals surface area contributed by atoms with Crippen molar-refractivity contribution in [2.75, 3.05) is 4.72 Å². The highest BCUT2D eigenvalue weighted by Gasteiger charge is 2.14. The molecule has 0 aliphatic carbocycles. The lowest BCUT2D eigenvalue weighted by molar-refractivity contribution is 0.601. The maximum Gasteiger partial charge on any atom is 0.261 e. The van der Waals surface area contributed by atoms with Crippen molar-refractivity contribution >= 4 is 27.3 Å². The summed E-state index contributed by atoms with van der Waals surface area (Å²) in [4.78, 5) is 0.115. The number of halogens is 1. The highest BCUT2D eigenvalue weighted by atomic mass is 35.5. The molecule has 1 aromatic heterocycles. The molecule has 0 radical (unpaired) electrons. The Bertz CT molecular complexity index is 893. The average molecular weight is 334 g/mol. The van der Waals surface area contributed by atoms with Gasteiger partial charge in [-0.3, -0.25) is 4.72 Å². The Kier molecular flexibility index (Phi) is 3.87. The summed E-state index contributed by atoms with van der Waals surface area (Å²) in [5.41, 5.74) is 1.21. The first-order valence-electron chi connectivity index (χ1n) is 6.43. The van der Waals surface area contributed by atoms with Gasteiger partial charge in [0, 0.05) is 17.4 Å². The zero-order valence-corrected chi connectivity index (χ0v) is 12.9. The van der Waals surface area contributed by atoms with Gasteiger partial charge < -0.3 is 0 Å². The van der Waals surface area contributed by atoms with E-state index in [1.165, 1.54) is 12.1 Å². The first-order chi connectivity index (χ1) is 10.5. The molecule has 0 unspecified atom stereocenters. The number of anilines is 1. The van der Waals surface area contributed by atoms with Gasteiger partial charge in [-0.1, -0.05) is 23.7 Å². The lowest BCUT2D eigenvalue weighted by Crippen LogP contribution is -2.13. The Morgan fingerprint density at radius 3 is 2.59 bits per heavy atom. The predicted molar refractivity (Wildman–Crippen MR) is 85.8 cm³/mol. The summed E-state index contributed by atoms with van der Waals surface area (Å²) in [6, 6.07) is 14.9. The second kappa shape index (κ2) is 5.82. The van der Waals surface area contributed by atoms with E-state index in [-0.39, 0.29) is 4.90 Å². The molecule has 112 valence electrons. The van der Waals surface area contributed by atoms with Gasteiger partial charge in [-0.15, -0.1) is 0 Å². The van der Waals surface area contributed by atoms with Crippen LogP contribution in [0.1, 0.15) is 0 Å². The third kappa shape index (κ3) is 3.13. The zero-order valence-electron chi connectivity index (χ0n) is 11.3. The van der Waals surface area contributed by atoms with Crippen LogP contribution in [0.5, 0.6) is 0 Å². The van der Waals surface area contributed by atoms with Crippen LogP contribution in [0.4, 0.5) is 5.69 Å². The van der Waals surface area contributed by atoms with E-state index in [2.05, 4.69) is 9.82 Å². The van der Waals surface area contributed by atoms with E-state index in [1.807, 2.05) is 6.07 Å². The standard InChI is InChI=1S/C15H12ClN3O2S/c16-12-4-1-7-15(10-12)22(20,21)18-13-5-2-6-14(11-13)19-9-3-8-17-19/h1-11,18H. The Labute approximate surface area is 133 Å². The van der Waals surface area contributed by atoms with Crippen LogP contribution in [0, 0.1) is 0 Å². The van der Waals surface area contributed by atoms with Gasteiger partial charge in [-0.2, -0.15) is 5.10 Å². The molecular formula is C15H12ClN3O2S. The molecule has 0 spiro atoms. The number of sulfonamides is 1. The van der Waals surface area contributed by atoms with Crippen LogP contribution >= 0.6 is 11.6 Å². The Balaban J connectivity index is 1.91. The maximum absolute atomic E-state index is 12.4. The van der Waals surface area contributed by atoms with Gasteiger partial charge >= 0.3 is 0 Å². The molecule has 3 rings (SSSR count). The molecule has 0 aliphatic heterocycles. The third-order valence-corrected chi connectivity index (χ3v) is 4.59. The summed E-state index contributed by atoms with van der Waals surface area (Å²) in [5.74, 6) is 0. The number of benzene rings is 2. The minimum absolute atomic E-state index is 0.115. The zero-order chi connectivity index (χ0) is 15.6. The molecule has 0 saturated heterocycles. The lowest BCUT2D eigenvalue weighted by Gasteiger charge is -2.10. The van der Waals surface area contributed by atoms with Crippen molar-refractivity contribution in [2.45, 2.75) is 4.90 Å². The van der Waals surface area contributed by atoms with Gasteiger partial charge in [0.25, 0.3) is 10.0 Å². The molecular weight excluding hydrogens is 322 g/mol. The van der Waals surface area contributed by atoms with Crippen molar-refractivity contribution in [2.24, 2.45) is 0 Å². The average Bonchev–Trinajstić information content (AvgIpc) is 3.01. The molecule has 3 aromatic rings. The summed E-state index contributed by atoms with van der Waals surface area (Å²) < 4.78 is 28.9. The van der Waals surface area contributed by atoms with Crippen molar-refractivity contribution in [3.63, 3.8) is 0 Å². The van der Waals surface area contributed by atoms with Gasteiger partial charge in [0.2, 0.25) is 0 Å². The van der Waals surface area contributed by atoms with Gasteiger partial charge in [0.15, 0.2) is 0 Å². The fourth-order valence-corrected chi connectivity index (χ4v) is 3.33. The predicted octanol–water partition coefficient (Wildman–Crippen LogP) is 3.33. The summed E-state index contributed by atoms with van der Waals surface area (Å²) in [5, 5.41) is 4.48. The van der Waals surface area contributed by atoms with E-state index in [1.54, 1.807) is 53.5 Å². The van der Waals surface area contributed by atoms with Gasteiger partial charge in [-0.25, -0.2) is 13.1 Å². The van der Waals surface area contributed by atoms with Crippen LogP contribution in [-0.2, 0) is 10.0 Å². The molecule has 0 aliphatic rings. The summed E-state index contributed by atoms with van der Waals surface area (Å²) in [7, 11) is -3.69. The molecule has 2 aromatic carbocycles. The molecule has 1 N–H and O–H groups in total. The fourth-order valence-electron chi connectivity index (χ4n) is 1.98. The maximum atomic E-state index is 12.4. The van der Waals surface area contributed by atoms with E-state index in [4.69, 9.17) is 11.6 Å². The number of hydrogen-bond acceptors (Lipinski definition) is 3. The molecule has 0 amide bonds. The van der Waals surface area contributed by atoms with Crippen LogP contribution in [0.15, 0.2) is 71.9 Å². The van der Waals surface area contributed by atoms with E-state index in [0.29, 0.717) is 10.7 Å². The third-order valence-electron chi connectivity index (χ3n) is 2.97. The number of hydrogen-bond donors (Lipinski definition) is 1. The summed E-state index contributed by atoms with van der Waals surface area (Å²) in [6.07, 6.45) is 3.44. The van der Waals surface area contributed by atoms with Crippen molar-refractivity contribution in [3.8, 4) is 5.69 Å². The van der Waals surface area contributed by atoms with Crippen LogP contribution in [-0.4, -0.2) is 18.2 Å². The first-order valence-corrected chi connectivity index (χ1v) is 8.29. The Hall–Kier alpha value is -2.31. The smallest absolute Gasteiger partial charge is 0.261 e. The van der Waals surface area contributed by atoms with Crippen LogP contribution in [0.25, 0.3) is 5.69 Å². The number of nitrogens with one attached hydrogen (secondary N) is 1. The second-order valence-corrected chi connectivity index (χ2v) is 6.68. The van der Waals surface area contributed by atoms with Crippen LogP contribution in [0.3, 0.4) is 0 Å². The highest BCUT2D eigenvalue weighted by Crippen LogP contribution is 2.20. The molecule has 1 heterocycles. The Morgan fingerprint density at radius 1 is 1.05 bits per heavy atom. The summed E-state index contributed by atoms with van der Waals surface area (Å²) in [6.45, 7) is 0. The normalized spacial score (nSPS) is 11.3. The van der Waals surface area contributed by atoms with Gasteiger partial charge in [-0.05, 0) is 42.5 Å². The molecule has 5 nitrogen and oxygen atoms in total. The monoisotopic (exact) mass is 333 g/mol. The van der Waals surface area contributed by atoms with Crippen molar-refractivity contribution < 1.29 is 8.42 Å². The molecule has 0 saturated carbocycles. The fraction of sp³-hybridized carbons (Fsp3) is 0. The SMILES string of the molecule is O=S(=O)(Nc1cccc(-n2cccn2)c1)c1cccc(Cl)c1. The van der Waals surface area contributed by atoms with E-state index in [0.717, 1.165) is 5.69 Å². The lowest BCUT2D eigenvalue weighted by atomic mass is 10.3. The number of rotatable bonds is 4. The largest absolute Gasteiger partial charge is 0.280 e. The van der Waals surface area contributed by atoms with Crippen molar-refractivity contribution in [1.82, 2.24) is 9.78 Å². The minimum Gasteiger partial charge on any atom is -0.280 e. The topological polar surface area (TPSA) is 64.0 Å². The number of nitrogens with zero attached hydrogens (tertiary/aromatic N) is 2. The second-order valence-electron chi connectivity index (χ2n) is 4.56. The van der Waals surface area contributed by atoms with Gasteiger partial charge in [0.05, 0.1) is 16.3 Å². The van der Waals surface area contributed by atoms with Crippen molar-refractivity contribution in [3.05, 3.63) is 72.0 Å². The van der Waals surface area contributed by atoms with Crippen LogP contribution < -0.4 is 4.72 Å². The van der Waals surface area contributed by atoms with Crippen molar-refractivity contribution in [1.29, 1.82) is 0 Å². The van der Waals surface area contributed by atoms with E-state index >= 15 is 0 Å². The molecule has 0 bridgehead atoms. The number of aromatic nitrogens is 2. The molecule has 22 heavy (non-hydrogen) atoms. The van der Waals surface area contributed by atoms with Crippen LogP contribution in [0.2, 0.25) is 5.02 Å². The molecule has 0 atom stereocenters. The minimum atomic E-state index is -3.69. The Morgan fingerprint density at radius 2 is 1.86 bits per heavy atom. The molecule has 7 heteroatoms. The summed E-state index contributed by atoms with van der Waals surface area (Å²) >= 11 is 5.84. The first kappa shape index (κ1) is 14.6. The van der Waals surface area contributed by atoms with E-state index < -0.39 is 10.0 Å².